The van der Waals surface area contributed by atoms with Crippen molar-refractivity contribution >= 4 is 17.4 Å². The SMILES string of the molecule is COc1ccccc1NC(=O)c1ccc(N2C3CCC2CC(C)C3)nc1. The fourth-order valence-corrected chi connectivity index (χ4v) is 4.44. The van der Waals surface area contributed by atoms with Gasteiger partial charge in [0.15, 0.2) is 0 Å². The van der Waals surface area contributed by atoms with E-state index in [1.165, 1.54) is 25.7 Å². The molecule has 0 aliphatic carbocycles. The summed E-state index contributed by atoms with van der Waals surface area (Å²) in [6.07, 6.45) is 6.68. The van der Waals surface area contributed by atoms with Crippen molar-refractivity contribution in [3.8, 4) is 5.75 Å². The van der Waals surface area contributed by atoms with Gasteiger partial charge in [-0.1, -0.05) is 19.1 Å². The number of methoxy groups -OCH3 is 1. The molecule has 2 bridgehead atoms. The number of carbonyl (C=O) groups excluding carboxylic acids is 1. The molecule has 26 heavy (non-hydrogen) atoms. The second-order valence-corrected chi connectivity index (χ2v) is 7.43. The molecule has 4 rings (SSSR count). The maximum atomic E-state index is 12.5. The van der Waals surface area contributed by atoms with Crippen LogP contribution in [0.4, 0.5) is 11.5 Å². The largest absolute Gasteiger partial charge is 0.495 e. The molecule has 1 aromatic heterocycles. The highest BCUT2D eigenvalue weighted by Crippen LogP contribution is 2.40. The van der Waals surface area contributed by atoms with E-state index in [4.69, 9.17) is 4.74 Å². The van der Waals surface area contributed by atoms with Crippen LogP contribution >= 0.6 is 0 Å². The van der Waals surface area contributed by atoms with Crippen LogP contribution in [-0.2, 0) is 0 Å². The molecular formula is C21H25N3O2. The van der Waals surface area contributed by atoms with Crippen LogP contribution in [0.1, 0.15) is 43.0 Å². The molecular weight excluding hydrogens is 326 g/mol. The maximum absolute atomic E-state index is 12.5. The van der Waals surface area contributed by atoms with E-state index in [1.54, 1.807) is 13.3 Å². The second-order valence-electron chi connectivity index (χ2n) is 7.43. The van der Waals surface area contributed by atoms with Crippen LogP contribution in [0.15, 0.2) is 42.6 Å². The minimum absolute atomic E-state index is 0.177. The molecule has 3 heterocycles. The first-order valence-corrected chi connectivity index (χ1v) is 9.34. The van der Waals surface area contributed by atoms with Crippen LogP contribution in [0.2, 0.25) is 0 Å². The van der Waals surface area contributed by atoms with Gasteiger partial charge in [-0.3, -0.25) is 4.79 Å². The van der Waals surface area contributed by atoms with E-state index in [1.807, 2.05) is 36.4 Å². The highest BCUT2D eigenvalue weighted by atomic mass is 16.5. The maximum Gasteiger partial charge on any atom is 0.257 e. The summed E-state index contributed by atoms with van der Waals surface area (Å²) in [6.45, 7) is 2.35. The number of fused-ring (bicyclic) bond motifs is 2. The molecule has 2 aliphatic rings. The molecule has 1 amide bonds. The lowest BCUT2D eigenvalue weighted by molar-refractivity contribution is 0.102. The Labute approximate surface area is 154 Å². The minimum atomic E-state index is -0.177. The Hall–Kier alpha value is -2.56. The normalized spacial score (nSPS) is 24.4. The number of piperidine rings is 1. The summed E-state index contributed by atoms with van der Waals surface area (Å²) in [7, 11) is 1.59. The number of rotatable bonds is 4. The third-order valence-corrected chi connectivity index (χ3v) is 5.60. The lowest BCUT2D eigenvalue weighted by Crippen LogP contribution is -2.42. The van der Waals surface area contributed by atoms with Crippen LogP contribution in [-0.4, -0.2) is 30.1 Å². The predicted octanol–water partition coefficient (Wildman–Crippen LogP) is 4.11. The first kappa shape index (κ1) is 16.9. The van der Waals surface area contributed by atoms with Gasteiger partial charge in [0, 0.05) is 18.3 Å². The molecule has 1 aromatic carbocycles. The number of para-hydroxylation sites is 2. The van der Waals surface area contributed by atoms with Crippen molar-refractivity contribution in [1.29, 1.82) is 0 Å². The Balaban J connectivity index is 1.49. The summed E-state index contributed by atoms with van der Waals surface area (Å²) < 4.78 is 5.28. The van der Waals surface area contributed by atoms with Crippen molar-refractivity contribution in [2.24, 2.45) is 5.92 Å². The molecule has 0 spiro atoms. The monoisotopic (exact) mass is 351 g/mol. The van der Waals surface area contributed by atoms with Crippen LogP contribution in [0.3, 0.4) is 0 Å². The Bertz CT molecular complexity index is 776. The van der Waals surface area contributed by atoms with Crippen molar-refractivity contribution in [3.05, 3.63) is 48.2 Å². The van der Waals surface area contributed by atoms with Gasteiger partial charge in [-0.25, -0.2) is 4.98 Å². The first-order chi connectivity index (χ1) is 12.7. The van der Waals surface area contributed by atoms with E-state index in [0.29, 0.717) is 29.1 Å². The van der Waals surface area contributed by atoms with Crippen molar-refractivity contribution in [2.45, 2.75) is 44.7 Å². The van der Waals surface area contributed by atoms with E-state index in [0.717, 1.165) is 11.7 Å². The fraction of sp³-hybridized carbons (Fsp3) is 0.429. The van der Waals surface area contributed by atoms with Gasteiger partial charge >= 0.3 is 0 Å². The molecule has 2 atom stereocenters. The van der Waals surface area contributed by atoms with E-state index < -0.39 is 0 Å². The highest BCUT2D eigenvalue weighted by molar-refractivity contribution is 6.04. The zero-order valence-corrected chi connectivity index (χ0v) is 15.3. The summed E-state index contributed by atoms with van der Waals surface area (Å²) in [5.41, 5.74) is 1.21. The number of hydrogen-bond acceptors (Lipinski definition) is 4. The summed E-state index contributed by atoms with van der Waals surface area (Å²) in [4.78, 5) is 19.6. The van der Waals surface area contributed by atoms with Gasteiger partial charge in [-0.2, -0.15) is 0 Å². The summed E-state index contributed by atoms with van der Waals surface area (Å²) in [5.74, 6) is 2.26. The Morgan fingerprint density at radius 1 is 1.15 bits per heavy atom. The molecule has 5 heteroatoms. The van der Waals surface area contributed by atoms with E-state index in [-0.39, 0.29) is 5.91 Å². The zero-order chi connectivity index (χ0) is 18.1. The first-order valence-electron chi connectivity index (χ1n) is 9.34. The van der Waals surface area contributed by atoms with E-state index in [9.17, 15) is 4.79 Å². The molecule has 136 valence electrons. The van der Waals surface area contributed by atoms with E-state index in [2.05, 4.69) is 22.1 Å². The Morgan fingerprint density at radius 2 is 1.88 bits per heavy atom. The third kappa shape index (κ3) is 3.14. The number of benzene rings is 1. The molecule has 0 radical (unpaired) electrons. The number of nitrogens with zero attached hydrogens (tertiary/aromatic N) is 2. The number of hydrogen-bond donors (Lipinski definition) is 1. The molecule has 2 fully saturated rings. The van der Waals surface area contributed by atoms with Gasteiger partial charge in [0.2, 0.25) is 0 Å². The number of nitrogens with one attached hydrogen (secondary N) is 1. The van der Waals surface area contributed by atoms with Gasteiger partial charge in [0.25, 0.3) is 5.91 Å². The second kappa shape index (κ2) is 6.98. The molecule has 1 N–H and O–H groups in total. The van der Waals surface area contributed by atoms with Crippen LogP contribution in [0.25, 0.3) is 0 Å². The Morgan fingerprint density at radius 3 is 2.54 bits per heavy atom. The van der Waals surface area contributed by atoms with Gasteiger partial charge in [0.1, 0.15) is 11.6 Å². The van der Waals surface area contributed by atoms with Crippen LogP contribution in [0.5, 0.6) is 5.75 Å². The number of anilines is 2. The summed E-state index contributed by atoms with van der Waals surface area (Å²) in [6, 6.07) is 12.4. The Kier molecular flexibility index (Phi) is 4.53. The summed E-state index contributed by atoms with van der Waals surface area (Å²) in [5, 5.41) is 2.89. The van der Waals surface area contributed by atoms with Gasteiger partial charge in [-0.15, -0.1) is 0 Å². The van der Waals surface area contributed by atoms with Crippen molar-refractivity contribution < 1.29 is 9.53 Å². The van der Waals surface area contributed by atoms with Gasteiger partial charge in [0.05, 0.1) is 18.4 Å². The highest BCUT2D eigenvalue weighted by Gasteiger charge is 2.39. The average molecular weight is 351 g/mol. The minimum Gasteiger partial charge on any atom is -0.495 e. The number of pyridine rings is 1. The van der Waals surface area contributed by atoms with Crippen molar-refractivity contribution in [3.63, 3.8) is 0 Å². The molecule has 2 aromatic rings. The summed E-state index contributed by atoms with van der Waals surface area (Å²) >= 11 is 0. The van der Waals surface area contributed by atoms with Crippen molar-refractivity contribution in [2.75, 3.05) is 17.3 Å². The third-order valence-electron chi connectivity index (χ3n) is 5.60. The van der Waals surface area contributed by atoms with E-state index >= 15 is 0 Å². The average Bonchev–Trinajstić information content (AvgIpc) is 2.93. The number of aromatic nitrogens is 1. The molecule has 2 saturated heterocycles. The number of carbonyl (C=O) groups is 1. The molecule has 2 aliphatic heterocycles. The lowest BCUT2D eigenvalue weighted by atomic mass is 9.92. The zero-order valence-electron chi connectivity index (χ0n) is 15.3. The lowest BCUT2D eigenvalue weighted by Gasteiger charge is -2.38. The van der Waals surface area contributed by atoms with Crippen LogP contribution < -0.4 is 15.0 Å². The quantitative estimate of drug-likeness (QED) is 0.901. The number of ether oxygens (including phenoxy) is 1. The topological polar surface area (TPSA) is 54.5 Å². The molecule has 2 unspecified atom stereocenters. The van der Waals surface area contributed by atoms with Crippen LogP contribution in [0, 0.1) is 5.92 Å². The molecule has 0 saturated carbocycles. The standard InChI is InChI=1S/C21H25N3O2/c1-14-11-16-8-9-17(12-14)24(16)20-10-7-15(13-22-20)21(25)23-18-5-3-4-6-19(18)26-2/h3-7,10,13-14,16-17H,8-9,11-12H2,1-2H3,(H,23,25). The van der Waals surface area contributed by atoms with Gasteiger partial charge < -0.3 is 15.0 Å². The molecule has 5 nitrogen and oxygen atoms in total. The fourth-order valence-electron chi connectivity index (χ4n) is 4.44. The van der Waals surface area contributed by atoms with Crippen molar-refractivity contribution in [1.82, 2.24) is 4.98 Å². The van der Waals surface area contributed by atoms with Gasteiger partial charge in [-0.05, 0) is 55.9 Å². The predicted molar refractivity (Wildman–Crippen MR) is 103 cm³/mol. The number of amides is 1. The smallest absolute Gasteiger partial charge is 0.257 e.